The van der Waals surface area contributed by atoms with E-state index in [1.54, 1.807) is 0 Å². The van der Waals surface area contributed by atoms with E-state index in [0.717, 1.165) is 16.8 Å². The van der Waals surface area contributed by atoms with E-state index in [-0.39, 0.29) is 17.7 Å². The van der Waals surface area contributed by atoms with Crippen molar-refractivity contribution in [3.63, 3.8) is 0 Å². The summed E-state index contributed by atoms with van der Waals surface area (Å²) in [5, 5.41) is 0. The fourth-order valence-electron chi connectivity index (χ4n) is 2.69. The molecule has 2 amide bonds. The van der Waals surface area contributed by atoms with Crippen molar-refractivity contribution in [1.29, 1.82) is 0 Å². The van der Waals surface area contributed by atoms with Crippen LogP contribution in [0.25, 0.3) is 11.1 Å². The monoisotopic (exact) mass is 353 g/mol. The molecule has 138 valence electrons. The van der Waals surface area contributed by atoms with E-state index >= 15 is 0 Å². The highest BCUT2D eigenvalue weighted by Crippen LogP contribution is 2.30. The normalized spacial score (nSPS) is 11.7. The van der Waals surface area contributed by atoms with E-state index in [9.17, 15) is 9.59 Å². The minimum Gasteiger partial charge on any atom is -0.362 e. The summed E-state index contributed by atoms with van der Waals surface area (Å²) in [4.78, 5) is 26.1. The van der Waals surface area contributed by atoms with Crippen LogP contribution in [0.4, 0.5) is 5.69 Å². The van der Waals surface area contributed by atoms with Crippen LogP contribution in [0.2, 0.25) is 0 Å². The maximum atomic E-state index is 12.4. The van der Waals surface area contributed by atoms with Crippen molar-refractivity contribution >= 4 is 17.5 Å². The third-order valence-corrected chi connectivity index (χ3v) is 4.25. The first kappa shape index (κ1) is 19.5. The molecule has 0 heterocycles. The Morgan fingerprint density at radius 2 is 1.54 bits per heavy atom. The lowest BCUT2D eigenvalue weighted by molar-refractivity contribution is -0.129. The second-order valence-corrected chi connectivity index (χ2v) is 6.81. The Labute approximate surface area is 155 Å². The number of para-hydroxylation sites is 1. The predicted molar refractivity (Wildman–Crippen MR) is 105 cm³/mol. The summed E-state index contributed by atoms with van der Waals surface area (Å²) in [6.45, 7) is 5.72. The molecular formula is C21H27N3O2. The van der Waals surface area contributed by atoms with Crippen LogP contribution >= 0.6 is 0 Å². The fraction of sp³-hybridized carbons (Fsp3) is 0.333. The van der Waals surface area contributed by atoms with Crippen molar-refractivity contribution in [2.75, 3.05) is 11.9 Å². The first-order valence-corrected chi connectivity index (χ1v) is 8.86. The second-order valence-electron chi connectivity index (χ2n) is 6.81. The van der Waals surface area contributed by atoms with Gasteiger partial charge >= 0.3 is 0 Å². The molecule has 2 aromatic carbocycles. The summed E-state index contributed by atoms with van der Waals surface area (Å²) in [6.07, 6.45) is 0.376. The van der Waals surface area contributed by atoms with Crippen molar-refractivity contribution < 1.29 is 9.59 Å². The van der Waals surface area contributed by atoms with Gasteiger partial charge in [0.2, 0.25) is 5.91 Å². The van der Waals surface area contributed by atoms with Gasteiger partial charge in [-0.15, -0.1) is 0 Å². The quantitative estimate of drug-likeness (QED) is 0.783. The number of rotatable bonds is 6. The van der Waals surface area contributed by atoms with E-state index in [2.05, 4.69) is 10.9 Å². The van der Waals surface area contributed by atoms with Crippen molar-refractivity contribution in [1.82, 2.24) is 10.9 Å². The molecule has 2 N–H and O–H groups in total. The Balaban J connectivity index is 2.10. The maximum Gasteiger partial charge on any atom is 0.260 e. The molecule has 0 radical (unpaired) electrons. The van der Waals surface area contributed by atoms with Gasteiger partial charge in [-0.2, -0.15) is 0 Å². The summed E-state index contributed by atoms with van der Waals surface area (Å²) in [6, 6.07) is 17.6. The summed E-state index contributed by atoms with van der Waals surface area (Å²) in [7, 11) is 1.88. The topological polar surface area (TPSA) is 61.4 Å². The molecule has 0 aliphatic heterocycles. The molecule has 1 unspecified atom stereocenters. The SMILES string of the molecule is CC(C)CC(=O)NNC(=O)C(C)N(C)c1ccccc1-c1ccccc1. The van der Waals surface area contributed by atoms with Crippen molar-refractivity contribution in [3.05, 3.63) is 54.6 Å². The van der Waals surface area contributed by atoms with Gasteiger partial charge in [0, 0.05) is 24.7 Å². The molecular weight excluding hydrogens is 326 g/mol. The van der Waals surface area contributed by atoms with E-state index < -0.39 is 6.04 Å². The molecule has 5 heteroatoms. The number of hydrogen-bond donors (Lipinski definition) is 2. The summed E-state index contributed by atoms with van der Waals surface area (Å²) >= 11 is 0. The van der Waals surface area contributed by atoms with Crippen LogP contribution in [-0.4, -0.2) is 24.9 Å². The van der Waals surface area contributed by atoms with Crippen LogP contribution in [0.1, 0.15) is 27.2 Å². The Morgan fingerprint density at radius 3 is 2.19 bits per heavy atom. The number of carbonyl (C=O) groups excluding carboxylic acids is 2. The molecule has 0 bridgehead atoms. The number of anilines is 1. The number of nitrogens with one attached hydrogen (secondary N) is 2. The van der Waals surface area contributed by atoms with E-state index in [0.29, 0.717) is 6.42 Å². The number of carbonyl (C=O) groups is 2. The Bertz CT molecular complexity index is 744. The summed E-state index contributed by atoms with van der Waals surface area (Å²) in [5.74, 6) is -0.204. The first-order valence-electron chi connectivity index (χ1n) is 8.86. The van der Waals surface area contributed by atoms with E-state index in [1.165, 1.54) is 0 Å². The third kappa shape index (κ3) is 5.09. The molecule has 0 saturated heterocycles. The van der Waals surface area contributed by atoms with Gasteiger partial charge in [-0.1, -0.05) is 62.4 Å². The van der Waals surface area contributed by atoms with Gasteiger partial charge in [-0.25, -0.2) is 0 Å². The van der Waals surface area contributed by atoms with Gasteiger partial charge in [0.15, 0.2) is 0 Å². The third-order valence-electron chi connectivity index (χ3n) is 4.25. The predicted octanol–water partition coefficient (Wildman–Crippen LogP) is 3.37. The minimum absolute atomic E-state index is 0.187. The van der Waals surface area contributed by atoms with Crippen LogP contribution < -0.4 is 15.8 Å². The molecule has 26 heavy (non-hydrogen) atoms. The Kier molecular flexibility index (Phi) is 6.78. The number of amides is 2. The number of likely N-dealkylation sites (N-methyl/N-ethyl adjacent to an activating group) is 1. The zero-order chi connectivity index (χ0) is 19.1. The minimum atomic E-state index is -0.445. The zero-order valence-electron chi connectivity index (χ0n) is 15.8. The fourth-order valence-corrected chi connectivity index (χ4v) is 2.69. The van der Waals surface area contributed by atoms with Crippen LogP contribution in [-0.2, 0) is 9.59 Å². The summed E-state index contributed by atoms with van der Waals surface area (Å²) < 4.78 is 0. The van der Waals surface area contributed by atoms with E-state index in [4.69, 9.17) is 0 Å². The van der Waals surface area contributed by atoms with Gasteiger partial charge in [-0.3, -0.25) is 20.4 Å². The van der Waals surface area contributed by atoms with Crippen LogP contribution in [0.15, 0.2) is 54.6 Å². The second kappa shape index (κ2) is 9.04. The molecule has 0 fully saturated rings. The highest BCUT2D eigenvalue weighted by Gasteiger charge is 2.21. The molecule has 0 aromatic heterocycles. The van der Waals surface area contributed by atoms with Crippen molar-refractivity contribution in [2.24, 2.45) is 5.92 Å². The van der Waals surface area contributed by atoms with Gasteiger partial charge in [0.1, 0.15) is 6.04 Å². The number of benzene rings is 2. The number of hydrazine groups is 1. The summed E-state index contributed by atoms with van der Waals surface area (Å²) in [5.41, 5.74) is 8.10. The van der Waals surface area contributed by atoms with Gasteiger partial charge in [-0.05, 0) is 24.5 Å². The molecule has 0 aliphatic rings. The largest absolute Gasteiger partial charge is 0.362 e. The Morgan fingerprint density at radius 1 is 0.923 bits per heavy atom. The van der Waals surface area contributed by atoms with Crippen molar-refractivity contribution in [2.45, 2.75) is 33.2 Å². The molecule has 0 spiro atoms. The standard InChI is InChI=1S/C21H27N3O2/c1-15(2)14-20(25)22-23-21(26)16(3)24(4)19-13-9-8-12-18(19)17-10-6-5-7-11-17/h5-13,15-16H,14H2,1-4H3,(H,22,25)(H,23,26). The Hall–Kier alpha value is -2.82. The first-order chi connectivity index (χ1) is 12.4. The van der Waals surface area contributed by atoms with Gasteiger partial charge in [0.25, 0.3) is 5.91 Å². The number of nitrogens with zero attached hydrogens (tertiary/aromatic N) is 1. The van der Waals surface area contributed by atoms with Crippen LogP contribution in [0.5, 0.6) is 0 Å². The van der Waals surface area contributed by atoms with Crippen LogP contribution in [0.3, 0.4) is 0 Å². The smallest absolute Gasteiger partial charge is 0.260 e. The van der Waals surface area contributed by atoms with Crippen molar-refractivity contribution in [3.8, 4) is 11.1 Å². The molecule has 2 rings (SSSR count). The average molecular weight is 353 g/mol. The van der Waals surface area contributed by atoms with Gasteiger partial charge in [0.05, 0.1) is 0 Å². The highest BCUT2D eigenvalue weighted by molar-refractivity contribution is 5.89. The van der Waals surface area contributed by atoms with E-state index in [1.807, 2.05) is 87.3 Å². The highest BCUT2D eigenvalue weighted by atomic mass is 16.2. The number of hydrogen-bond acceptors (Lipinski definition) is 3. The lowest BCUT2D eigenvalue weighted by Gasteiger charge is -2.28. The van der Waals surface area contributed by atoms with Crippen LogP contribution in [0, 0.1) is 5.92 Å². The molecule has 0 aliphatic carbocycles. The maximum absolute atomic E-state index is 12.4. The molecule has 0 saturated carbocycles. The van der Waals surface area contributed by atoms with Gasteiger partial charge < -0.3 is 4.90 Å². The lowest BCUT2D eigenvalue weighted by Crippen LogP contribution is -2.50. The molecule has 2 aromatic rings. The molecule has 5 nitrogen and oxygen atoms in total. The lowest BCUT2D eigenvalue weighted by atomic mass is 10.0. The zero-order valence-corrected chi connectivity index (χ0v) is 15.8. The molecule has 1 atom stereocenters. The average Bonchev–Trinajstić information content (AvgIpc) is 2.65.